The Bertz CT molecular complexity index is 3600. The molecule has 0 radical (unpaired) electrons. The summed E-state index contributed by atoms with van der Waals surface area (Å²) < 4.78 is 4.98. The zero-order valence-corrected chi connectivity index (χ0v) is 34.0. The largest absolute Gasteiger partial charge is 0.307 e. The molecule has 0 aliphatic rings. The first kappa shape index (κ1) is 35.7. The number of rotatable bonds is 7. The first-order valence-corrected chi connectivity index (χ1v) is 21.3. The minimum atomic E-state index is 1.14. The van der Waals surface area contributed by atoms with Crippen molar-refractivity contribution in [3.63, 3.8) is 0 Å². The lowest BCUT2D eigenvalue weighted by Crippen LogP contribution is -2.01. The zero-order chi connectivity index (χ0) is 41.0. The van der Waals surface area contributed by atoms with Crippen LogP contribution in [0.5, 0.6) is 0 Å². The number of benzene rings is 10. The molecule has 0 atom stereocenters. The second-order valence-corrected chi connectivity index (χ2v) is 16.1. The van der Waals surface area contributed by atoms with Gasteiger partial charge in [-0.15, -0.1) is 0 Å². The van der Waals surface area contributed by atoms with E-state index in [0.717, 1.165) is 16.9 Å². The molecule has 0 fully saturated rings. The summed E-state index contributed by atoms with van der Waals surface area (Å²) in [4.78, 5) is 0. The molecule has 0 saturated heterocycles. The van der Waals surface area contributed by atoms with E-state index in [2.05, 4.69) is 252 Å². The van der Waals surface area contributed by atoms with Crippen molar-refractivity contribution in [3.05, 3.63) is 243 Å². The molecule has 2 heterocycles. The fourth-order valence-electron chi connectivity index (χ4n) is 9.60. The van der Waals surface area contributed by atoms with Gasteiger partial charge >= 0.3 is 0 Å². The Morgan fingerprint density at radius 2 is 0.613 bits per heavy atom. The fourth-order valence-corrected chi connectivity index (χ4v) is 9.60. The highest BCUT2D eigenvalue weighted by Crippen LogP contribution is 2.44. The Balaban J connectivity index is 1.06. The summed E-state index contributed by atoms with van der Waals surface area (Å²) in [5.41, 5.74) is 19.0. The van der Waals surface area contributed by atoms with Crippen LogP contribution in [0.25, 0.3) is 111 Å². The van der Waals surface area contributed by atoms with Gasteiger partial charge in [-0.3, -0.25) is 0 Å². The average molecular weight is 789 g/mol. The monoisotopic (exact) mass is 788 g/mol. The number of hydrogen-bond donors (Lipinski definition) is 0. The molecule has 12 aromatic rings. The van der Waals surface area contributed by atoms with E-state index in [4.69, 9.17) is 0 Å². The van der Waals surface area contributed by atoms with Crippen LogP contribution >= 0.6 is 0 Å². The van der Waals surface area contributed by atoms with Crippen LogP contribution in [-0.2, 0) is 0 Å². The third-order valence-corrected chi connectivity index (χ3v) is 12.5. The predicted molar refractivity (Wildman–Crippen MR) is 262 cm³/mol. The maximum absolute atomic E-state index is 2.52. The zero-order valence-electron chi connectivity index (χ0n) is 34.0. The van der Waals surface area contributed by atoms with Gasteiger partial charge in [-0.2, -0.15) is 0 Å². The lowest BCUT2D eigenvalue weighted by Gasteiger charge is -2.18. The van der Waals surface area contributed by atoms with E-state index in [-0.39, 0.29) is 0 Å². The smallest absolute Gasteiger partial charge is 0.0789 e. The van der Waals surface area contributed by atoms with Crippen LogP contribution in [0.1, 0.15) is 0 Å². The van der Waals surface area contributed by atoms with Gasteiger partial charge in [-0.1, -0.05) is 194 Å². The van der Waals surface area contributed by atoms with Crippen molar-refractivity contribution in [2.24, 2.45) is 0 Å². The first-order chi connectivity index (χ1) is 30.8. The maximum Gasteiger partial charge on any atom is 0.0789 e. The number of para-hydroxylation sites is 3. The Kier molecular flexibility index (Phi) is 8.53. The lowest BCUT2D eigenvalue weighted by molar-refractivity contribution is 1.15. The SMILES string of the molecule is c1ccc(-c2cccc(-c3cccc(-c4ccc(-c5cc(-c6ccccc6)ccc5-n5c6ccccc6c6ccc7c8ccccc8n(-c8ccccc8)c7c65)cc4)c3)c2)cc1. The molecule has 2 aromatic heterocycles. The van der Waals surface area contributed by atoms with Crippen molar-refractivity contribution in [3.8, 4) is 67.0 Å². The van der Waals surface area contributed by atoms with Crippen molar-refractivity contribution in [1.82, 2.24) is 9.13 Å². The van der Waals surface area contributed by atoms with Crippen molar-refractivity contribution in [2.45, 2.75) is 0 Å². The molecular weight excluding hydrogens is 749 g/mol. The molecule has 0 aliphatic carbocycles. The van der Waals surface area contributed by atoms with Crippen molar-refractivity contribution in [1.29, 1.82) is 0 Å². The van der Waals surface area contributed by atoms with Crippen molar-refractivity contribution >= 4 is 43.6 Å². The Labute approximate surface area is 360 Å². The quantitative estimate of drug-likeness (QED) is 0.152. The van der Waals surface area contributed by atoms with Crippen LogP contribution in [-0.4, -0.2) is 9.13 Å². The molecule has 0 spiro atoms. The van der Waals surface area contributed by atoms with Crippen LogP contribution < -0.4 is 0 Å². The second kappa shape index (κ2) is 14.8. The van der Waals surface area contributed by atoms with Gasteiger partial charge in [0, 0.05) is 32.8 Å². The normalized spacial score (nSPS) is 11.5. The Hall–Kier alpha value is -8.20. The van der Waals surface area contributed by atoms with Crippen molar-refractivity contribution < 1.29 is 0 Å². The third-order valence-electron chi connectivity index (χ3n) is 12.5. The number of hydrogen-bond acceptors (Lipinski definition) is 0. The Morgan fingerprint density at radius 1 is 0.226 bits per heavy atom. The van der Waals surface area contributed by atoms with E-state index in [0.29, 0.717) is 0 Å². The van der Waals surface area contributed by atoms with Crippen LogP contribution in [0.3, 0.4) is 0 Å². The highest BCUT2D eigenvalue weighted by Gasteiger charge is 2.23. The molecule has 10 aromatic carbocycles. The topological polar surface area (TPSA) is 9.86 Å². The van der Waals surface area contributed by atoms with Gasteiger partial charge in [-0.05, 0) is 98.6 Å². The summed E-state index contributed by atoms with van der Waals surface area (Å²) in [6, 6.07) is 88.4. The lowest BCUT2D eigenvalue weighted by atomic mass is 9.94. The highest BCUT2D eigenvalue weighted by atomic mass is 15.0. The van der Waals surface area contributed by atoms with Gasteiger partial charge < -0.3 is 9.13 Å². The Morgan fingerprint density at radius 3 is 1.18 bits per heavy atom. The third kappa shape index (κ3) is 5.96. The molecule has 12 rings (SSSR count). The minimum absolute atomic E-state index is 1.14. The summed E-state index contributed by atoms with van der Waals surface area (Å²) in [5, 5.41) is 4.95. The van der Waals surface area contributed by atoms with Crippen molar-refractivity contribution in [2.75, 3.05) is 0 Å². The van der Waals surface area contributed by atoms with Gasteiger partial charge in [0.1, 0.15) is 0 Å². The second-order valence-electron chi connectivity index (χ2n) is 16.1. The summed E-state index contributed by atoms with van der Waals surface area (Å²) in [6.45, 7) is 0. The molecule has 62 heavy (non-hydrogen) atoms. The van der Waals surface area contributed by atoms with E-state index in [1.807, 2.05) is 0 Å². The highest BCUT2D eigenvalue weighted by molar-refractivity contribution is 6.24. The van der Waals surface area contributed by atoms with E-state index < -0.39 is 0 Å². The summed E-state index contributed by atoms with van der Waals surface area (Å²) in [7, 11) is 0. The number of fused-ring (bicyclic) bond motifs is 7. The standard InChI is InChI=1S/C60H40N2/c1-4-16-41(17-5-1)45-20-14-22-47(38-45)48-23-15-21-46(39-48)43-30-32-44(33-31-43)55-40-49(42-18-6-2-7-19-42)34-37-58(55)62-57-29-13-11-27-52(57)54-36-35-53-51-26-10-12-28-56(51)61(59(53)60(54)62)50-24-8-3-9-25-50/h1-40H. The fraction of sp³-hybridized carbons (Fsp3) is 0. The molecule has 0 aliphatic heterocycles. The molecule has 0 N–H and O–H groups in total. The molecule has 2 nitrogen and oxygen atoms in total. The molecule has 0 unspecified atom stereocenters. The predicted octanol–water partition coefficient (Wildman–Crippen LogP) is 16.2. The maximum atomic E-state index is 2.52. The number of aromatic nitrogens is 2. The molecule has 2 heteroatoms. The van der Waals surface area contributed by atoms with Gasteiger partial charge in [0.2, 0.25) is 0 Å². The summed E-state index contributed by atoms with van der Waals surface area (Å²) in [5.74, 6) is 0. The van der Waals surface area contributed by atoms with E-state index in [9.17, 15) is 0 Å². The molecule has 0 bridgehead atoms. The minimum Gasteiger partial charge on any atom is -0.307 e. The average Bonchev–Trinajstić information content (AvgIpc) is 3.88. The van der Waals surface area contributed by atoms with Crippen LogP contribution in [0.2, 0.25) is 0 Å². The summed E-state index contributed by atoms with van der Waals surface area (Å²) >= 11 is 0. The van der Waals surface area contributed by atoms with E-state index >= 15 is 0 Å². The first-order valence-electron chi connectivity index (χ1n) is 21.3. The molecular formula is C60H40N2. The van der Waals surface area contributed by atoms with Crippen LogP contribution in [0.15, 0.2) is 243 Å². The molecule has 290 valence electrons. The number of nitrogens with zero attached hydrogens (tertiary/aromatic N) is 2. The van der Waals surface area contributed by atoms with Crippen LogP contribution in [0, 0.1) is 0 Å². The van der Waals surface area contributed by atoms with Gasteiger partial charge in [0.25, 0.3) is 0 Å². The van der Waals surface area contributed by atoms with E-state index in [1.165, 1.54) is 93.7 Å². The molecule has 0 saturated carbocycles. The van der Waals surface area contributed by atoms with Gasteiger partial charge in [0.05, 0.1) is 27.8 Å². The summed E-state index contributed by atoms with van der Waals surface area (Å²) in [6.07, 6.45) is 0. The van der Waals surface area contributed by atoms with Gasteiger partial charge in [0.15, 0.2) is 0 Å². The van der Waals surface area contributed by atoms with Gasteiger partial charge in [-0.25, -0.2) is 0 Å². The molecule has 0 amide bonds. The van der Waals surface area contributed by atoms with E-state index in [1.54, 1.807) is 0 Å². The van der Waals surface area contributed by atoms with Crippen LogP contribution in [0.4, 0.5) is 0 Å².